The van der Waals surface area contributed by atoms with Crippen LogP contribution in [0, 0.1) is 0 Å². The first-order valence-corrected chi connectivity index (χ1v) is 14.2. The summed E-state index contributed by atoms with van der Waals surface area (Å²) in [5, 5.41) is 0. The molecule has 0 spiro atoms. The number of nitrogens with zero attached hydrogens (tertiary/aromatic N) is 1. The normalized spacial score (nSPS) is 12.4. The van der Waals surface area contributed by atoms with Crippen LogP contribution in [0.5, 0.6) is 0 Å². The smallest absolute Gasteiger partial charge is 0.264 e. The second kappa shape index (κ2) is 10.9. The minimum Gasteiger partial charge on any atom is -0.264 e. The molecule has 1 heterocycles. The van der Waals surface area contributed by atoms with Crippen molar-refractivity contribution < 1.29 is 13.2 Å². The lowest BCUT2D eigenvalue weighted by molar-refractivity contribution is -0.137. The second-order valence-electron chi connectivity index (χ2n) is 12.9. The van der Waals surface area contributed by atoms with Crippen molar-refractivity contribution in [3.63, 3.8) is 0 Å². The number of benzene rings is 4. The van der Waals surface area contributed by atoms with E-state index < -0.39 is 11.7 Å². The highest BCUT2D eigenvalue weighted by molar-refractivity contribution is 5.97. The summed E-state index contributed by atoms with van der Waals surface area (Å²) in [4.78, 5) is 4.24. The Labute approximate surface area is 247 Å². The Morgan fingerprint density at radius 1 is 0.500 bits per heavy atom. The first-order chi connectivity index (χ1) is 19.7. The van der Waals surface area contributed by atoms with Gasteiger partial charge in [0.15, 0.2) is 0 Å². The van der Waals surface area contributed by atoms with E-state index >= 15 is 0 Å². The van der Waals surface area contributed by atoms with Crippen LogP contribution in [-0.2, 0) is 17.0 Å². The Hall–Kier alpha value is -4.18. The summed E-state index contributed by atoms with van der Waals surface area (Å²) in [5.74, 6) is 0. The molecule has 0 aliphatic rings. The van der Waals surface area contributed by atoms with E-state index in [0.29, 0.717) is 11.1 Å². The fourth-order valence-corrected chi connectivity index (χ4v) is 5.65. The second-order valence-corrected chi connectivity index (χ2v) is 12.9. The van der Waals surface area contributed by atoms with Crippen molar-refractivity contribution in [2.45, 2.75) is 58.5 Å². The molecular weight excluding hydrogens is 527 g/mol. The minimum atomic E-state index is -4.51. The van der Waals surface area contributed by atoms with Gasteiger partial charge in [-0.1, -0.05) is 120 Å². The SMILES string of the molecule is CC(C)(C)c1ccccc1-c1cc(C(F)(F)F)cc(-c2ccccc2C(C)(C)C)c1-c1ccc(-c2cccnc2)cc1. The van der Waals surface area contributed by atoms with Crippen LogP contribution in [-0.4, -0.2) is 4.98 Å². The molecule has 0 aliphatic heterocycles. The third-order valence-electron chi connectivity index (χ3n) is 7.68. The maximum absolute atomic E-state index is 14.6. The Morgan fingerprint density at radius 3 is 1.40 bits per heavy atom. The largest absolute Gasteiger partial charge is 0.416 e. The van der Waals surface area contributed by atoms with Crippen molar-refractivity contribution in [1.29, 1.82) is 0 Å². The molecule has 42 heavy (non-hydrogen) atoms. The summed E-state index contributed by atoms with van der Waals surface area (Å²) in [7, 11) is 0. The predicted octanol–water partition coefficient (Wildman–Crippen LogP) is 11.4. The van der Waals surface area contributed by atoms with Gasteiger partial charge in [0, 0.05) is 12.4 Å². The Bertz CT molecular complexity index is 1620. The average Bonchev–Trinajstić information content (AvgIpc) is 2.96. The Balaban J connectivity index is 1.91. The molecular formula is C38H36F3N. The molecule has 0 unspecified atom stereocenters. The van der Waals surface area contributed by atoms with Crippen LogP contribution in [0.15, 0.2) is 109 Å². The molecule has 0 N–H and O–H groups in total. The molecule has 214 valence electrons. The minimum absolute atomic E-state index is 0.282. The highest BCUT2D eigenvalue weighted by Gasteiger charge is 2.34. The lowest BCUT2D eigenvalue weighted by atomic mass is 9.76. The van der Waals surface area contributed by atoms with Gasteiger partial charge in [-0.3, -0.25) is 4.98 Å². The lowest BCUT2D eigenvalue weighted by Crippen LogP contribution is -2.15. The van der Waals surface area contributed by atoms with E-state index in [-0.39, 0.29) is 10.8 Å². The molecule has 1 aromatic heterocycles. The van der Waals surface area contributed by atoms with E-state index in [1.165, 1.54) is 12.1 Å². The van der Waals surface area contributed by atoms with E-state index in [2.05, 4.69) is 46.5 Å². The van der Waals surface area contributed by atoms with Gasteiger partial charge in [0.05, 0.1) is 5.56 Å². The molecule has 0 bridgehead atoms. The van der Waals surface area contributed by atoms with E-state index in [0.717, 1.165) is 44.5 Å². The zero-order valence-electron chi connectivity index (χ0n) is 25.0. The van der Waals surface area contributed by atoms with Gasteiger partial charge >= 0.3 is 6.18 Å². The van der Waals surface area contributed by atoms with Gasteiger partial charge in [-0.05, 0) is 84.7 Å². The highest BCUT2D eigenvalue weighted by atomic mass is 19.4. The summed E-state index contributed by atoms with van der Waals surface area (Å²) in [6.07, 6.45) is -0.972. The average molecular weight is 564 g/mol. The van der Waals surface area contributed by atoms with Crippen LogP contribution in [0.2, 0.25) is 0 Å². The summed E-state index contributed by atoms with van der Waals surface area (Å²) in [6.45, 7) is 12.6. The number of hydrogen-bond donors (Lipinski definition) is 0. The van der Waals surface area contributed by atoms with E-state index in [9.17, 15) is 13.2 Å². The van der Waals surface area contributed by atoms with Gasteiger partial charge in [-0.15, -0.1) is 0 Å². The van der Waals surface area contributed by atoms with Crippen LogP contribution >= 0.6 is 0 Å². The van der Waals surface area contributed by atoms with Crippen LogP contribution < -0.4 is 0 Å². The topological polar surface area (TPSA) is 12.9 Å². The summed E-state index contributed by atoms with van der Waals surface area (Å²) in [6, 6.07) is 30.3. The van der Waals surface area contributed by atoms with Crippen LogP contribution in [0.1, 0.15) is 58.2 Å². The molecule has 0 aliphatic carbocycles. The number of halogens is 3. The van der Waals surface area contributed by atoms with Crippen LogP contribution in [0.3, 0.4) is 0 Å². The molecule has 5 aromatic rings. The summed E-state index contributed by atoms with van der Waals surface area (Å²) >= 11 is 0. The van der Waals surface area contributed by atoms with Gasteiger partial charge in [-0.25, -0.2) is 0 Å². The van der Waals surface area contributed by atoms with Crippen molar-refractivity contribution in [2.75, 3.05) is 0 Å². The molecule has 5 rings (SSSR count). The molecule has 0 saturated carbocycles. The third kappa shape index (κ3) is 5.90. The first kappa shape index (κ1) is 29.3. The fourth-order valence-electron chi connectivity index (χ4n) is 5.65. The number of alkyl halides is 3. The van der Waals surface area contributed by atoms with Gasteiger partial charge in [0.2, 0.25) is 0 Å². The van der Waals surface area contributed by atoms with Crippen molar-refractivity contribution >= 4 is 0 Å². The molecule has 0 amide bonds. The van der Waals surface area contributed by atoms with E-state index in [4.69, 9.17) is 0 Å². The molecule has 4 heteroatoms. The molecule has 4 aromatic carbocycles. The van der Waals surface area contributed by atoms with Gasteiger partial charge in [-0.2, -0.15) is 13.2 Å². The molecule has 0 atom stereocenters. The van der Waals surface area contributed by atoms with Crippen molar-refractivity contribution in [3.8, 4) is 44.5 Å². The molecule has 0 fully saturated rings. The lowest BCUT2D eigenvalue weighted by Gasteiger charge is -2.28. The van der Waals surface area contributed by atoms with Crippen molar-refractivity contribution in [2.24, 2.45) is 0 Å². The quantitative estimate of drug-likeness (QED) is 0.212. The number of pyridine rings is 1. The number of hydrogen-bond acceptors (Lipinski definition) is 1. The first-order valence-electron chi connectivity index (χ1n) is 14.2. The van der Waals surface area contributed by atoms with Crippen LogP contribution in [0.4, 0.5) is 13.2 Å². The van der Waals surface area contributed by atoms with Crippen molar-refractivity contribution in [1.82, 2.24) is 4.98 Å². The van der Waals surface area contributed by atoms with E-state index in [1.54, 1.807) is 6.20 Å². The maximum atomic E-state index is 14.6. The van der Waals surface area contributed by atoms with Gasteiger partial charge in [0.1, 0.15) is 0 Å². The Kier molecular flexibility index (Phi) is 7.61. The Morgan fingerprint density at radius 2 is 0.976 bits per heavy atom. The van der Waals surface area contributed by atoms with Gasteiger partial charge < -0.3 is 0 Å². The zero-order chi connectivity index (χ0) is 30.3. The highest BCUT2D eigenvalue weighted by Crippen LogP contribution is 2.48. The third-order valence-corrected chi connectivity index (χ3v) is 7.68. The summed E-state index contributed by atoms with van der Waals surface area (Å²) < 4.78 is 43.9. The zero-order valence-corrected chi connectivity index (χ0v) is 25.0. The molecule has 0 radical (unpaired) electrons. The number of aromatic nitrogens is 1. The standard InChI is InChI=1S/C38H36F3N/c1-36(2,3)33-15-9-7-13-29(33)31-22-28(38(39,40)41)23-32(30-14-8-10-16-34(30)37(4,5)6)35(31)26-19-17-25(18-20-26)27-12-11-21-42-24-27/h7-24H,1-6H3. The number of rotatable bonds is 4. The monoisotopic (exact) mass is 563 g/mol. The van der Waals surface area contributed by atoms with Crippen molar-refractivity contribution in [3.05, 3.63) is 126 Å². The van der Waals surface area contributed by atoms with Crippen LogP contribution in [0.25, 0.3) is 44.5 Å². The maximum Gasteiger partial charge on any atom is 0.416 e. The van der Waals surface area contributed by atoms with Gasteiger partial charge in [0.25, 0.3) is 0 Å². The predicted molar refractivity (Wildman–Crippen MR) is 168 cm³/mol. The molecule has 1 nitrogen and oxygen atoms in total. The molecule has 0 saturated heterocycles. The summed E-state index contributed by atoms with van der Waals surface area (Å²) in [5.41, 5.74) is 7.13. The fraction of sp³-hybridized carbons (Fsp3) is 0.237. The van der Waals surface area contributed by atoms with E-state index in [1.807, 2.05) is 91.1 Å².